The Hall–Kier alpha value is -2.40. The van der Waals surface area contributed by atoms with E-state index in [1.165, 1.54) is 36.1 Å². The summed E-state index contributed by atoms with van der Waals surface area (Å²) in [6.45, 7) is 8.99. The number of aromatic nitrogens is 4. The van der Waals surface area contributed by atoms with Crippen LogP contribution in [0.2, 0.25) is 0 Å². The third kappa shape index (κ3) is 4.24. The van der Waals surface area contributed by atoms with Crippen molar-refractivity contribution in [2.75, 3.05) is 26.2 Å². The summed E-state index contributed by atoms with van der Waals surface area (Å²) in [6.07, 6.45) is 4.90. The number of aryl methyl sites for hydroxylation is 4. The zero-order valence-corrected chi connectivity index (χ0v) is 21.2. The normalized spacial score (nSPS) is 17.5. The highest BCUT2D eigenvalue weighted by Gasteiger charge is 2.22. The molecule has 0 radical (unpaired) electrons. The van der Waals surface area contributed by atoms with Gasteiger partial charge in [-0.15, -0.1) is 32.9 Å². The van der Waals surface area contributed by atoms with Gasteiger partial charge in [0.15, 0.2) is 0 Å². The summed E-state index contributed by atoms with van der Waals surface area (Å²) < 4.78 is 6.02. The van der Waals surface area contributed by atoms with Crippen molar-refractivity contribution >= 4 is 32.9 Å². The minimum Gasteiger partial charge on any atom is -0.419 e. The first kappa shape index (κ1) is 22.1. The van der Waals surface area contributed by atoms with E-state index in [9.17, 15) is 4.79 Å². The molecule has 4 aromatic rings. The highest BCUT2D eigenvalue weighted by atomic mass is 32.1. The van der Waals surface area contributed by atoms with E-state index in [0.717, 1.165) is 57.5 Å². The average Bonchev–Trinajstić information content (AvgIpc) is 3.53. The molecule has 4 aromatic heterocycles. The Kier molecular flexibility index (Phi) is 5.84. The number of piperazine rings is 1. The van der Waals surface area contributed by atoms with Crippen LogP contribution in [0.5, 0.6) is 0 Å². The Bertz CT molecular complexity index is 1370. The predicted molar refractivity (Wildman–Crippen MR) is 135 cm³/mol. The summed E-state index contributed by atoms with van der Waals surface area (Å²) in [5, 5.41) is 9.37. The highest BCUT2D eigenvalue weighted by molar-refractivity contribution is 7.18. The van der Waals surface area contributed by atoms with Gasteiger partial charge in [-0.3, -0.25) is 14.6 Å². The van der Waals surface area contributed by atoms with Crippen molar-refractivity contribution in [1.29, 1.82) is 0 Å². The summed E-state index contributed by atoms with van der Waals surface area (Å²) in [5.74, 6) is 2.07. The number of thiophene rings is 2. The van der Waals surface area contributed by atoms with Gasteiger partial charge in [0.2, 0.25) is 5.89 Å². The highest BCUT2D eigenvalue weighted by Crippen LogP contribution is 2.35. The number of rotatable bonds is 5. The fourth-order valence-electron chi connectivity index (χ4n) is 4.90. The number of hydrogen-bond donors (Lipinski definition) is 1. The second-order valence-electron chi connectivity index (χ2n) is 9.30. The number of fused-ring (bicyclic) bond motifs is 2. The van der Waals surface area contributed by atoms with Crippen LogP contribution in [0.15, 0.2) is 15.3 Å². The number of hydrogen-bond acceptors (Lipinski definition) is 9. The van der Waals surface area contributed by atoms with E-state index in [1.807, 2.05) is 13.8 Å². The lowest BCUT2D eigenvalue weighted by Gasteiger charge is -2.33. The third-order valence-corrected chi connectivity index (χ3v) is 9.29. The van der Waals surface area contributed by atoms with Crippen LogP contribution in [0.1, 0.15) is 45.4 Å². The molecule has 0 unspecified atom stereocenters. The van der Waals surface area contributed by atoms with Crippen LogP contribution >= 0.6 is 22.7 Å². The number of nitrogens with zero attached hydrogens (tertiary/aromatic N) is 5. The van der Waals surface area contributed by atoms with Crippen LogP contribution in [0.3, 0.4) is 0 Å². The van der Waals surface area contributed by atoms with Gasteiger partial charge in [0.1, 0.15) is 10.7 Å². The van der Waals surface area contributed by atoms with Gasteiger partial charge in [0, 0.05) is 35.9 Å². The molecule has 1 N–H and O–H groups in total. The average molecular weight is 497 g/mol. The number of nitrogens with one attached hydrogen (secondary N) is 1. The quantitative estimate of drug-likeness (QED) is 0.448. The van der Waals surface area contributed by atoms with Gasteiger partial charge in [-0.1, -0.05) is 0 Å². The maximum atomic E-state index is 12.6. The summed E-state index contributed by atoms with van der Waals surface area (Å²) >= 11 is 3.40. The maximum absolute atomic E-state index is 12.6. The molecule has 178 valence electrons. The second kappa shape index (κ2) is 8.99. The monoisotopic (exact) mass is 496 g/mol. The van der Waals surface area contributed by atoms with Gasteiger partial charge in [-0.05, 0) is 56.7 Å². The van der Waals surface area contributed by atoms with E-state index in [0.29, 0.717) is 24.9 Å². The Morgan fingerprint density at radius 3 is 2.59 bits per heavy atom. The Balaban J connectivity index is 1.06. The van der Waals surface area contributed by atoms with Crippen molar-refractivity contribution in [2.24, 2.45) is 0 Å². The van der Waals surface area contributed by atoms with Crippen LogP contribution in [-0.2, 0) is 25.9 Å². The molecule has 0 bridgehead atoms. The number of H-pyrrole nitrogens is 1. The van der Waals surface area contributed by atoms with Gasteiger partial charge in [-0.25, -0.2) is 4.98 Å². The molecule has 1 fully saturated rings. The molecule has 0 atom stereocenters. The van der Waals surface area contributed by atoms with Crippen molar-refractivity contribution in [2.45, 2.75) is 52.6 Å². The second-order valence-corrected chi connectivity index (χ2v) is 11.6. The molecule has 2 aliphatic rings. The zero-order valence-electron chi connectivity index (χ0n) is 19.5. The van der Waals surface area contributed by atoms with Crippen molar-refractivity contribution in [1.82, 2.24) is 30.0 Å². The standard InChI is InChI=1S/C24H28N6O2S2/c1-14-15(2)33-24-21(14)22(31)25-19(26-24)12-29-7-9-30(10-8-29)13-20-27-28-23(32-20)18-11-16-5-3-4-6-17(16)34-18/h11H,3-10,12-13H2,1-2H3,(H,25,26,31). The van der Waals surface area contributed by atoms with Crippen LogP contribution in [-0.4, -0.2) is 56.1 Å². The summed E-state index contributed by atoms with van der Waals surface area (Å²) in [4.78, 5) is 29.5. The topological polar surface area (TPSA) is 91.2 Å². The van der Waals surface area contributed by atoms with E-state index < -0.39 is 0 Å². The molecule has 1 saturated heterocycles. The minimum absolute atomic E-state index is 0.0284. The van der Waals surface area contributed by atoms with Gasteiger partial charge in [-0.2, -0.15) is 0 Å². The van der Waals surface area contributed by atoms with Crippen LogP contribution < -0.4 is 5.56 Å². The van der Waals surface area contributed by atoms with Crippen molar-refractivity contribution in [3.63, 3.8) is 0 Å². The molecule has 1 aliphatic carbocycles. The largest absolute Gasteiger partial charge is 0.419 e. The summed E-state index contributed by atoms with van der Waals surface area (Å²) in [5.41, 5.74) is 2.47. The van der Waals surface area contributed by atoms with E-state index in [2.05, 4.69) is 31.0 Å². The maximum Gasteiger partial charge on any atom is 0.259 e. The fourth-order valence-corrected chi connectivity index (χ4v) is 7.12. The van der Waals surface area contributed by atoms with Crippen molar-refractivity contribution in [3.8, 4) is 10.8 Å². The molecule has 0 amide bonds. The van der Waals surface area contributed by atoms with Crippen LogP contribution in [0.25, 0.3) is 21.0 Å². The van der Waals surface area contributed by atoms with E-state index in [1.54, 1.807) is 22.7 Å². The molecular weight excluding hydrogens is 468 g/mol. The van der Waals surface area contributed by atoms with Gasteiger partial charge >= 0.3 is 0 Å². The lowest BCUT2D eigenvalue weighted by Crippen LogP contribution is -2.45. The van der Waals surface area contributed by atoms with Gasteiger partial charge in [0.05, 0.1) is 23.4 Å². The van der Waals surface area contributed by atoms with Gasteiger partial charge in [0.25, 0.3) is 11.4 Å². The van der Waals surface area contributed by atoms with Crippen LogP contribution in [0.4, 0.5) is 0 Å². The fraction of sp³-hybridized carbons (Fsp3) is 0.500. The molecule has 10 heteroatoms. The van der Waals surface area contributed by atoms with E-state index in [4.69, 9.17) is 9.40 Å². The Labute approximate surface area is 205 Å². The first-order valence-electron chi connectivity index (χ1n) is 11.9. The zero-order chi connectivity index (χ0) is 23.2. The predicted octanol–water partition coefficient (Wildman–Crippen LogP) is 3.91. The third-order valence-electron chi connectivity index (χ3n) is 6.96. The molecule has 0 spiro atoms. The lowest BCUT2D eigenvalue weighted by molar-refractivity contribution is 0.113. The molecule has 0 saturated carbocycles. The van der Waals surface area contributed by atoms with Crippen molar-refractivity contribution in [3.05, 3.63) is 49.0 Å². The summed E-state index contributed by atoms with van der Waals surface area (Å²) in [6, 6.07) is 2.24. The molecule has 8 nitrogen and oxygen atoms in total. The molecule has 1 aliphatic heterocycles. The first-order valence-corrected chi connectivity index (χ1v) is 13.5. The van der Waals surface area contributed by atoms with Gasteiger partial charge < -0.3 is 9.40 Å². The first-order chi connectivity index (χ1) is 16.5. The smallest absolute Gasteiger partial charge is 0.259 e. The van der Waals surface area contributed by atoms with Crippen molar-refractivity contribution < 1.29 is 4.42 Å². The SMILES string of the molecule is Cc1sc2nc(CN3CCN(Cc4nnc(-c5cc6c(s5)CCCC6)o4)CC3)[nH]c(=O)c2c1C. The molecule has 5 heterocycles. The Morgan fingerprint density at radius 2 is 1.79 bits per heavy atom. The molecule has 34 heavy (non-hydrogen) atoms. The van der Waals surface area contributed by atoms with E-state index in [-0.39, 0.29) is 5.56 Å². The molecular formula is C24H28N6O2S2. The number of aromatic amines is 1. The Morgan fingerprint density at radius 1 is 1.03 bits per heavy atom. The molecule has 6 rings (SSSR count). The summed E-state index contributed by atoms with van der Waals surface area (Å²) in [7, 11) is 0. The van der Waals surface area contributed by atoms with E-state index >= 15 is 0 Å². The van der Waals surface area contributed by atoms with Crippen LogP contribution in [0, 0.1) is 13.8 Å². The molecule has 0 aromatic carbocycles. The minimum atomic E-state index is -0.0284. The lowest BCUT2D eigenvalue weighted by atomic mass is 9.99.